The van der Waals surface area contributed by atoms with Gasteiger partial charge in [0.1, 0.15) is 0 Å². The van der Waals surface area contributed by atoms with E-state index in [0.29, 0.717) is 11.9 Å². The minimum absolute atomic E-state index is 0.132. The van der Waals surface area contributed by atoms with Crippen LogP contribution >= 0.6 is 0 Å². The van der Waals surface area contributed by atoms with Gasteiger partial charge in [-0.2, -0.15) is 0 Å². The van der Waals surface area contributed by atoms with Crippen molar-refractivity contribution < 1.29 is 18.7 Å². The van der Waals surface area contributed by atoms with Gasteiger partial charge in [-0.05, 0) is 68.5 Å². The lowest BCUT2D eigenvalue weighted by molar-refractivity contribution is 0.0174. The molecule has 2 N–H and O–H groups in total. The number of fused-ring (bicyclic) bond motifs is 1. The second-order valence-corrected chi connectivity index (χ2v) is 11.0. The number of halogens is 2. The predicted octanol–water partition coefficient (Wildman–Crippen LogP) is 4.87. The Balaban J connectivity index is 1.44. The van der Waals surface area contributed by atoms with Crippen molar-refractivity contribution in [3.05, 3.63) is 59.2 Å². The van der Waals surface area contributed by atoms with Crippen LogP contribution in [0.15, 0.2) is 42.5 Å². The number of imidazole rings is 1. The second-order valence-electron chi connectivity index (χ2n) is 11.0. The number of hydrogen-bond donors (Lipinski definition) is 2. The van der Waals surface area contributed by atoms with E-state index in [9.17, 15) is 18.7 Å². The van der Waals surface area contributed by atoms with E-state index in [-0.39, 0.29) is 23.8 Å². The van der Waals surface area contributed by atoms with Gasteiger partial charge in [0.2, 0.25) is 5.95 Å². The summed E-state index contributed by atoms with van der Waals surface area (Å²) < 4.78 is 29.9. The molecule has 0 radical (unpaired) electrons. The van der Waals surface area contributed by atoms with Gasteiger partial charge in [0, 0.05) is 63.4 Å². The molecule has 3 aromatic rings. The Morgan fingerprint density at radius 2 is 1.82 bits per heavy atom. The molecule has 5 rings (SSSR count). The molecule has 2 fully saturated rings. The first kappa shape index (κ1) is 26.7. The highest BCUT2D eigenvalue weighted by atomic mass is 19.3. The summed E-state index contributed by atoms with van der Waals surface area (Å²) in [6, 6.07) is 12.0. The van der Waals surface area contributed by atoms with Crippen LogP contribution in [0.4, 0.5) is 14.7 Å². The van der Waals surface area contributed by atoms with E-state index in [4.69, 9.17) is 4.98 Å². The van der Waals surface area contributed by atoms with Crippen molar-refractivity contribution in [2.24, 2.45) is 5.92 Å². The highest BCUT2D eigenvalue weighted by Gasteiger charge is 2.28. The molecular weight excluding hydrogens is 488 g/mol. The zero-order valence-corrected chi connectivity index (χ0v) is 22.2. The van der Waals surface area contributed by atoms with Crippen LogP contribution in [-0.2, 0) is 12.5 Å². The number of anilines is 1. The first-order valence-corrected chi connectivity index (χ1v) is 13.5. The fraction of sp³-hybridized carbons (Fsp3) is 0.517. The van der Waals surface area contributed by atoms with Gasteiger partial charge in [0.25, 0.3) is 11.8 Å². The quantitative estimate of drug-likeness (QED) is 0.461. The van der Waals surface area contributed by atoms with Crippen molar-refractivity contribution in [1.29, 1.82) is 0 Å². The Hall–Kier alpha value is -2.88. The molecule has 0 atom stereocenters. The van der Waals surface area contributed by atoms with Gasteiger partial charge in [0.05, 0.1) is 11.0 Å². The number of benzene rings is 2. The molecule has 0 spiro atoms. The predicted molar refractivity (Wildman–Crippen MR) is 145 cm³/mol. The molecule has 1 aliphatic heterocycles. The molecule has 0 unspecified atom stereocenters. The summed E-state index contributed by atoms with van der Waals surface area (Å²) in [4.78, 5) is 22.8. The molecule has 38 heavy (non-hydrogen) atoms. The number of alkyl halides is 2. The summed E-state index contributed by atoms with van der Waals surface area (Å²) in [5.41, 5.74) is 2.90. The molecule has 2 heterocycles. The maximum atomic E-state index is 13.9. The third-order valence-corrected chi connectivity index (χ3v) is 8.05. The van der Waals surface area contributed by atoms with Gasteiger partial charge < -0.3 is 14.6 Å². The molecule has 2 aliphatic rings. The number of rotatable bonds is 7. The molecule has 1 saturated heterocycles. The summed E-state index contributed by atoms with van der Waals surface area (Å²) in [5.74, 6) is -2.76. The molecule has 7 nitrogen and oxygen atoms in total. The largest absolute Gasteiger partial charge is 0.396 e. The molecule has 1 aromatic heterocycles. The molecule has 0 bridgehead atoms. The van der Waals surface area contributed by atoms with Crippen LogP contribution < -0.4 is 5.32 Å². The van der Waals surface area contributed by atoms with Crippen LogP contribution in [0.3, 0.4) is 0 Å². The minimum Gasteiger partial charge on any atom is -0.396 e. The fourth-order valence-corrected chi connectivity index (χ4v) is 5.66. The summed E-state index contributed by atoms with van der Waals surface area (Å²) in [5, 5.41) is 12.5. The van der Waals surface area contributed by atoms with Crippen LogP contribution in [0, 0.1) is 5.92 Å². The summed E-state index contributed by atoms with van der Waals surface area (Å²) >= 11 is 0. The topological polar surface area (TPSA) is 73.6 Å². The number of aromatic nitrogens is 2. The number of likely N-dealkylation sites (N-methyl/N-ethyl adjacent to an activating group) is 1. The lowest BCUT2D eigenvalue weighted by Gasteiger charge is -2.32. The molecule has 204 valence electrons. The van der Waals surface area contributed by atoms with E-state index in [2.05, 4.69) is 44.9 Å². The van der Waals surface area contributed by atoms with Crippen LogP contribution in [0.25, 0.3) is 11.0 Å². The van der Waals surface area contributed by atoms with Crippen molar-refractivity contribution in [1.82, 2.24) is 19.4 Å². The van der Waals surface area contributed by atoms with Gasteiger partial charge in [-0.15, -0.1) is 0 Å². The van der Waals surface area contributed by atoms with Crippen molar-refractivity contribution in [2.45, 2.75) is 51.1 Å². The first-order chi connectivity index (χ1) is 18.2. The Morgan fingerprint density at radius 1 is 1.08 bits per heavy atom. The summed E-state index contributed by atoms with van der Waals surface area (Å²) in [6.07, 6.45) is 3.56. The lowest BCUT2D eigenvalue weighted by Crippen LogP contribution is -2.43. The molecule has 1 saturated carbocycles. The number of nitrogens with zero attached hydrogens (tertiary/aromatic N) is 4. The maximum absolute atomic E-state index is 13.9. The van der Waals surface area contributed by atoms with Crippen LogP contribution in [0.5, 0.6) is 0 Å². The lowest BCUT2D eigenvalue weighted by atomic mass is 9.86. The highest BCUT2D eigenvalue weighted by Crippen LogP contribution is 2.37. The van der Waals surface area contributed by atoms with Crippen molar-refractivity contribution in [3.63, 3.8) is 0 Å². The van der Waals surface area contributed by atoms with Gasteiger partial charge in [-0.3, -0.25) is 15.0 Å². The number of carbonyl (C=O) groups excluding carboxylic acids is 1. The average molecular weight is 526 g/mol. The molecular formula is C29H37F2N5O2. The van der Waals surface area contributed by atoms with E-state index < -0.39 is 11.8 Å². The van der Waals surface area contributed by atoms with Crippen molar-refractivity contribution in [2.75, 3.05) is 45.2 Å². The molecule has 9 heteroatoms. The van der Waals surface area contributed by atoms with Crippen LogP contribution in [0.2, 0.25) is 0 Å². The van der Waals surface area contributed by atoms with Gasteiger partial charge in [-0.1, -0.05) is 18.2 Å². The number of nitrogens with one attached hydrogen (secondary N) is 1. The maximum Gasteiger partial charge on any atom is 0.270 e. The smallest absolute Gasteiger partial charge is 0.270 e. The second kappa shape index (κ2) is 11.1. The average Bonchev–Trinajstić information content (AvgIpc) is 3.26. The third kappa shape index (κ3) is 5.90. The number of hydrogen-bond acceptors (Lipinski definition) is 5. The zero-order chi connectivity index (χ0) is 26.9. The molecule has 1 amide bonds. The standard InChI is InChI=1S/C29H37F2N5O2/c1-29(30,31)23-5-3-4-22(17-23)27(38)33-28-32-25-16-21(18-35-14-12-34(2)13-15-35)8-11-26(25)36(28)24-9-6-20(19-37)7-10-24/h3-5,8,11,16-17,20,24,37H,6-7,9-10,12-15,18-19H2,1-2H3,(H,32,33,38)/t20-,24+. The van der Waals surface area contributed by atoms with E-state index in [1.54, 1.807) is 0 Å². The highest BCUT2D eigenvalue weighted by molar-refractivity contribution is 6.04. The van der Waals surface area contributed by atoms with Crippen molar-refractivity contribution in [3.8, 4) is 0 Å². The normalized spacial score (nSPS) is 21.6. The summed E-state index contributed by atoms with van der Waals surface area (Å²) in [7, 11) is 2.14. The number of piperazine rings is 1. The van der Waals surface area contributed by atoms with Crippen LogP contribution in [0.1, 0.15) is 60.1 Å². The number of amides is 1. The van der Waals surface area contributed by atoms with E-state index in [1.165, 1.54) is 29.8 Å². The summed E-state index contributed by atoms with van der Waals surface area (Å²) in [6.45, 7) is 6.00. The van der Waals surface area contributed by atoms with E-state index in [0.717, 1.165) is 76.4 Å². The third-order valence-electron chi connectivity index (χ3n) is 8.05. The number of carbonyl (C=O) groups is 1. The Bertz CT molecular complexity index is 1270. The Morgan fingerprint density at radius 3 is 2.50 bits per heavy atom. The first-order valence-electron chi connectivity index (χ1n) is 13.5. The Labute approximate surface area is 222 Å². The van der Waals surface area contributed by atoms with E-state index in [1.807, 2.05) is 0 Å². The zero-order valence-electron chi connectivity index (χ0n) is 22.2. The van der Waals surface area contributed by atoms with E-state index >= 15 is 0 Å². The molecule has 1 aliphatic carbocycles. The number of aliphatic hydroxyl groups excluding tert-OH is 1. The number of aliphatic hydroxyl groups is 1. The fourth-order valence-electron chi connectivity index (χ4n) is 5.66. The Kier molecular flexibility index (Phi) is 7.79. The van der Waals surface area contributed by atoms with Crippen LogP contribution in [-0.4, -0.2) is 70.2 Å². The monoisotopic (exact) mass is 525 g/mol. The van der Waals surface area contributed by atoms with Gasteiger partial charge >= 0.3 is 0 Å². The van der Waals surface area contributed by atoms with Crippen molar-refractivity contribution >= 4 is 22.9 Å². The molecule has 2 aromatic carbocycles. The SMILES string of the molecule is CN1CCN(Cc2ccc3c(c2)nc(NC(=O)c2cccc(C(C)(F)F)c2)n3[C@H]2CC[C@@H](CO)CC2)CC1. The van der Waals surface area contributed by atoms with Gasteiger partial charge in [0.15, 0.2) is 0 Å². The minimum atomic E-state index is -3.03. The van der Waals surface area contributed by atoms with Gasteiger partial charge in [-0.25, -0.2) is 13.8 Å².